The minimum atomic E-state index is -0.468. The summed E-state index contributed by atoms with van der Waals surface area (Å²) in [6.45, 7) is 27.3. The van der Waals surface area contributed by atoms with Gasteiger partial charge in [-0.3, -0.25) is 0 Å². The molecule has 0 fully saturated rings. The van der Waals surface area contributed by atoms with E-state index in [0.717, 1.165) is 174 Å². The first kappa shape index (κ1) is 72.9. The number of ether oxygens (including phenoxy) is 2. The highest BCUT2D eigenvalue weighted by Gasteiger charge is 2.52. The fourth-order valence-electron chi connectivity index (χ4n) is 20.0. The lowest BCUT2D eigenvalue weighted by molar-refractivity contribution is 0.464. The third kappa shape index (κ3) is 11.5. The zero-order valence-electron chi connectivity index (χ0n) is 70.1. The second-order valence-corrected chi connectivity index (χ2v) is 37.5. The molecule has 0 aliphatic carbocycles. The molecule has 0 spiro atoms. The van der Waals surface area contributed by atoms with E-state index in [1.54, 1.807) is 0 Å². The van der Waals surface area contributed by atoms with Crippen LogP contribution in [0.4, 0.5) is 34.1 Å². The van der Waals surface area contributed by atoms with Gasteiger partial charge in [0.25, 0.3) is 13.4 Å². The molecule has 0 atom stereocenters. The SMILES string of the molecule is CC(C)(C)c1ccc2c(c1)Oc1c3c(cc4c1B1c5ccc(-n6c7ccc(C(C)(C)C)cc7c7cc(C(C)(C)C)ccc76)cc5N(c5c(-c6ccccc6)cccc5-c5ccccc5)c5cc(C(C)(C)C)cc(c51)N4c1c(-c4ccccc4)cccc1-c1ccccc1)Oc1c(cc(-c4ccccc4)cc1-n1c4ccccc4c4ccccc41)B23. The van der Waals surface area contributed by atoms with Crippen LogP contribution in [0.3, 0.4) is 0 Å². The van der Waals surface area contributed by atoms with Crippen molar-refractivity contribution in [3.05, 3.63) is 362 Å². The van der Waals surface area contributed by atoms with Crippen LogP contribution in [0.5, 0.6) is 23.0 Å². The van der Waals surface area contributed by atoms with Crippen LogP contribution in [0, 0.1) is 0 Å². The van der Waals surface area contributed by atoms with Crippen LogP contribution >= 0.6 is 0 Å². The van der Waals surface area contributed by atoms with Gasteiger partial charge in [-0.05, 0) is 177 Å². The highest BCUT2D eigenvalue weighted by atomic mass is 16.5. The predicted octanol–water partition coefficient (Wildman–Crippen LogP) is 26.2. The van der Waals surface area contributed by atoms with Gasteiger partial charge >= 0.3 is 0 Å². The van der Waals surface area contributed by atoms with Crippen molar-refractivity contribution >= 4 is 124 Å². The molecule has 0 amide bonds. The van der Waals surface area contributed by atoms with Crippen LogP contribution in [0.1, 0.15) is 105 Å². The van der Waals surface area contributed by atoms with E-state index < -0.39 is 12.1 Å². The van der Waals surface area contributed by atoms with Crippen molar-refractivity contribution in [2.24, 2.45) is 0 Å². The van der Waals surface area contributed by atoms with E-state index in [9.17, 15) is 0 Å². The first-order chi connectivity index (χ1) is 58.1. The molecule has 0 saturated carbocycles. The summed E-state index contributed by atoms with van der Waals surface area (Å²) < 4.78 is 21.7. The molecule has 578 valence electrons. The van der Waals surface area contributed by atoms with Gasteiger partial charge in [0.2, 0.25) is 0 Å². The Bertz CT molecular complexity index is 7020. The zero-order valence-corrected chi connectivity index (χ0v) is 70.1. The monoisotopic (exact) mass is 1550 g/mol. The molecule has 2 aromatic heterocycles. The predicted molar refractivity (Wildman–Crippen MR) is 509 cm³/mol. The smallest absolute Gasteiger partial charge is 0.260 e. The largest absolute Gasteiger partial charge is 0.459 e. The molecule has 0 N–H and O–H groups in total. The van der Waals surface area contributed by atoms with E-state index in [-0.39, 0.29) is 23.0 Å². The molecule has 18 aromatic rings. The molecule has 6 nitrogen and oxygen atoms in total. The molecule has 16 aromatic carbocycles. The number of benzene rings is 16. The minimum Gasteiger partial charge on any atom is -0.459 e. The van der Waals surface area contributed by atoms with E-state index >= 15 is 0 Å². The fourth-order valence-corrected chi connectivity index (χ4v) is 20.0. The van der Waals surface area contributed by atoms with Crippen molar-refractivity contribution in [2.75, 3.05) is 9.80 Å². The van der Waals surface area contributed by atoms with E-state index in [1.165, 1.54) is 49.3 Å². The first-order valence-corrected chi connectivity index (χ1v) is 42.5. The Kier molecular flexibility index (Phi) is 16.4. The zero-order chi connectivity index (χ0) is 81.6. The molecule has 0 saturated heterocycles. The van der Waals surface area contributed by atoms with Gasteiger partial charge in [0.15, 0.2) is 0 Å². The summed E-state index contributed by atoms with van der Waals surface area (Å²) in [4.78, 5) is 5.38. The van der Waals surface area contributed by atoms with Crippen molar-refractivity contribution in [1.82, 2.24) is 9.13 Å². The summed E-state index contributed by atoms with van der Waals surface area (Å²) in [5, 5.41) is 4.84. The number of fused-ring (bicyclic) bond motifs is 15. The van der Waals surface area contributed by atoms with Crippen LogP contribution < -0.4 is 52.1 Å². The van der Waals surface area contributed by atoms with Crippen LogP contribution in [0.25, 0.3) is 111 Å². The van der Waals surface area contributed by atoms with Crippen LogP contribution in [-0.2, 0) is 21.7 Å². The maximum absolute atomic E-state index is 8.41. The summed E-state index contributed by atoms with van der Waals surface area (Å²) in [5.74, 6) is 3.18. The Labute approximate surface area is 704 Å². The number of rotatable bonds is 9. The van der Waals surface area contributed by atoms with E-state index in [2.05, 4.69) is 442 Å². The van der Waals surface area contributed by atoms with Gasteiger partial charge in [-0.15, -0.1) is 0 Å². The van der Waals surface area contributed by atoms with Crippen molar-refractivity contribution in [1.29, 1.82) is 0 Å². The summed E-state index contributed by atoms with van der Waals surface area (Å²) in [5.41, 5.74) is 34.6. The number of hydrogen-bond acceptors (Lipinski definition) is 4. The molecule has 0 bridgehead atoms. The lowest BCUT2D eigenvalue weighted by atomic mass is 9.30. The second-order valence-electron chi connectivity index (χ2n) is 37.5. The number of para-hydroxylation sites is 4. The Morgan fingerprint density at radius 2 is 0.642 bits per heavy atom. The highest BCUT2D eigenvalue weighted by Crippen LogP contribution is 2.57. The van der Waals surface area contributed by atoms with Crippen LogP contribution in [-0.4, -0.2) is 22.6 Å². The van der Waals surface area contributed by atoms with Crippen molar-refractivity contribution < 1.29 is 9.47 Å². The topological polar surface area (TPSA) is 34.8 Å². The third-order valence-electron chi connectivity index (χ3n) is 26.0. The average molecular weight is 1550 g/mol. The molecule has 0 unspecified atom stereocenters. The summed E-state index contributed by atoms with van der Waals surface area (Å²) in [6.07, 6.45) is 0. The average Bonchev–Trinajstić information content (AvgIpc) is 0.761. The molecule has 8 heteroatoms. The molecule has 4 aliphatic rings. The van der Waals surface area contributed by atoms with Crippen LogP contribution in [0.15, 0.2) is 340 Å². The lowest BCUT2D eigenvalue weighted by Gasteiger charge is -2.48. The molecule has 22 rings (SSSR count). The molecule has 6 heterocycles. The fraction of sp³-hybridized carbons (Fsp3) is 0.143. The lowest BCUT2D eigenvalue weighted by Crippen LogP contribution is -2.65. The van der Waals surface area contributed by atoms with Gasteiger partial charge in [-0.1, -0.05) is 344 Å². The Morgan fingerprint density at radius 1 is 0.233 bits per heavy atom. The van der Waals surface area contributed by atoms with E-state index in [0.29, 0.717) is 0 Å². The van der Waals surface area contributed by atoms with Crippen molar-refractivity contribution in [3.8, 4) is 90.0 Å². The van der Waals surface area contributed by atoms with Gasteiger partial charge in [-0.2, -0.15) is 0 Å². The highest BCUT2D eigenvalue weighted by molar-refractivity contribution is 7.03. The number of nitrogens with zero attached hydrogens (tertiary/aromatic N) is 4. The molecule has 4 aliphatic heterocycles. The molecular weight excluding hydrogens is 1450 g/mol. The van der Waals surface area contributed by atoms with Gasteiger partial charge in [-0.25, -0.2) is 0 Å². The Hall–Kier alpha value is -13.6. The van der Waals surface area contributed by atoms with E-state index in [1.807, 2.05) is 0 Å². The van der Waals surface area contributed by atoms with Crippen molar-refractivity contribution in [3.63, 3.8) is 0 Å². The van der Waals surface area contributed by atoms with Gasteiger partial charge in [0, 0.05) is 83.8 Å². The number of anilines is 6. The number of aromatic nitrogens is 2. The van der Waals surface area contributed by atoms with Crippen LogP contribution in [0.2, 0.25) is 0 Å². The normalized spacial score (nSPS) is 13.4. The maximum atomic E-state index is 8.41. The Morgan fingerprint density at radius 3 is 1.12 bits per heavy atom. The minimum absolute atomic E-state index is 0.0911. The Balaban J connectivity index is 0.925. The molecule has 120 heavy (non-hydrogen) atoms. The van der Waals surface area contributed by atoms with Gasteiger partial charge < -0.3 is 28.4 Å². The first-order valence-electron chi connectivity index (χ1n) is 42.5. The van der Waals surface area contributed by atoms with E-state index in [4.69, 9.17) is 9.47 Å². The molecule has 0 radical (unpaired) electrons. The molecular formula is C112H92B2N4O2. The summed E-state index contributed by atoms with van der Waals surface area (Å²) in [6, 6.07) is 128. The van der Waals surface area contributed by atoms with Crippen molar-refractivity contribution in [2.45, 2.75) is 105 Å². The third-order valence-corrected chi connectivity index (χ3v) is 26.0. The second kappa shape index (κ2) is 27.0. The van der Waals surface area contributed by atoms with Gasteiger partial charge in [0.1, 0.15) is 23.0 Å². The van der Waals surface area contributed by atoms with Gasteiger partial charge in [0.05, 0.1) is 39.1 Å². The standard InChI is InChI=1S/C112H92B2N4O2/c1-109(2,3)75-53-58-93-86(62-75)87-63-76(110(4,5)6)54-59-94(87)115(93)79-55-57-88-95(67-79)117(105-80(70-36-20-14-21-37-70)46-32-47-81(105)71-38-22-15-23-39-71)96-64-78(112(10,11)12)65-97-102(96)114(88)103-98(118(97)106-82(72-40-24-16-25-41-72)48-33-49-83(106)73-42-26-17-27-43-73)68-101-104-108(103)119-100-66-77(111(7,8)9)52-56-89(100)113(104)90-60-74(69-34-18-13-19-35-69)61-99(107(90)120-101)116-91-50-30-28-44-84(91)85-45-29-31-51-92(85)116/h13-68H,1-12H3. The number of hydrogen-bond donors (Lipinski definition) is 0. The summed E-state index contributed by atoms with van der Waals surface area (Å²) >= 11 is 0. The quantitative estimate of drug-likeness (QED) is 0.135. The summed E-state index contributed by atoms with van der Waals surface area (Å²) in [7, 11) is 0. The maximum Gasteiger partial charge on any atom is 0.260 e.